The summed E-state index contributed by atoms with van der Waals surface area (Å²) < 4.78 is 0.697. The zero-order valence-corrected chi connectivity index (χ0v) is 12.0. The molecule has 0 bridgehead atoms. The van der Waals surface area contributed by atoms with Crippen LogP contribution in [-0.2, 0) is 4.79 Å². The first-order valence-electron chi connectivity index (χ1n) is 5.76. The quantitative estimate of drug-likeness (QED) is 0.878. The number of carboxylic acid groups (broad SMARTS) is 1. The van der Waals surface area contributed by atoms with Crippen LogP contribution < -0.4 is 5.32 Å². The summed E-state index contributed by atoms with van der Waals surface area (Å²) in [5, 5.41) is 11.5. The van der Waals surface area contributed by atoms with Crippen LogP contribution in [0.3, 0.4) is 0 Å². The lowest BCUT2D eigenvalue weighted by Gasteiger charge is -2.14. The molecular weight excluding hydrogens is 298 g/mol. The van der Waals surface area contributed by atoms with Crippen LogP contribution in [0.4, 0.5) is 0 Å². The summed E-state index contributed by atoms with van der Waals surface area (Å²) in [6.45, 7) is 3.76. The lowest BCUT2D eigenvalue weighted by molar-refractivity contribution is -0.139. The van der Waals surface area contributed by atoms with E-state index in [0.29, 0.717) is 22.9 Å². The normalized spacial score (nSPS) is 11.9. The number of halogens is 1. The van der Waals surface area contributed by atoms with Crippen molar-refractivity contribution in [1.82, 2.24) is 5.32 Å². The molecular formula is C13H16BrNO3. The molecule has 0 aliphatic heterocycles. The first kappa shape index (κ1) is 14.7. The van der Waals surface area contributed by atoms with Crippen LogP contribution in [0, 0.1) is 6.92 Å². The van der Waals surface area contributed by atoms with E-state index >= 15 is 0 Å². The second kappa shape index (κ2) is 6.54. The van der Waals surface area contributed by atoms with Crippen LogP contribution in [0.15, 0.2) is 22.7 Å². The molecule has 0 saturated heterocycles. The van der Waals surface area contributed by atoms with Gasteiger partial charge in [-0.2, -0.15) is 0 Å². The molecule has 0 unspecified atom stereocenters. The zero-order chi connectivity index (χ0) is 13.7. The molecule has 1 atom stereocenters. The maximum atomic E-state index is 12.0. The Hall–Kier alpha value is -1.36. The Morgan fingerprint density at radius 1 is 1.44 bits per heavy atom. The highest BCUT2D eigenvalue weighted by atomic mass is 79.9. The van der Waals surface area contributed by atoms with Crippen molar-refractivity contribution < 1.29 is 14.7 Å². The third-order valence-electron chi connectivity index (χ3n) is 2.62. The summed E-state index contributed by atoms with van der Waals surface area (Å²) in [5.74, 6) is -1.37. The number of aryl methyl sites for hydroxylation is 1. The molecule has 0 aliphatic carbocycles. The van der Waals surface area contributed by atoms with E-state index in [4.69, 9.17) is 5.11 Å². The Labute approximate surface area is 115 Å². The Bertz CT molecular complexity index is 460. The molecule has 0 aromatic heterocycles. The van der Waals surface area contributed by atoms with Gasteiger partial charge >= 0.3 is 5.97 Å². The van der Waals surface area contributed by atoms with Gasteiger partial charge in [0.2, 0.25) is 0 Å². The molecule has 1 aromatic carbocycles. The molecule has 0 aliphatic rings. The third kappa shape index (κ3) is 3.57. The molecule has 1 rings (SSSR count). The van der Waals surface area contributed by atoms with Crippen molar-refractivity contribution >= 4 is 27.8 Å². The summed E-state index contributed by atoms with van der Waals surface area (Å²) in [7, 11) is 0. The molecule has 98 valence electrons. The highest BCUT2D eigenvalue weighted by molar-refractivity contribution is 9.10. The fraction of sp³-hybridized carbons (Fsp3) is 0.385. The second-order valence-electron chi connectivity index (χ2n) is 4.09. The first-order valence-corrected chi connectivity index (χ1v) is 6.55. The number of carboxylic acids is 1. The SMILES string of the molecule is CCC[C@H](NC(=O)c1cccc(C)c1Br)C(=O)O. The lowest BCUT2D eigenvalue weighted by Crippen LogP contribution is -2.40. The van der Waals surface area contributed by atoms with E-state index < -0.39 is 12.0 Å². The van der Waals surface area contributed by atoms with Crippen molar-refractivity contribution in [2.75, 3.05) is 0 Å². The van der Waals surface area contributed by atoms with Gasteiger partial charge in [0, 0.05) is 4.47 Å². The minimum absolute atomic E-state index is 0.369. The van der Waals surface area contributed by atoms with Gasteiger partial charge < -0.3 is 10.4 Å². The van der Waals surface area contributed by atoms with E-state index in [1.165, 1.54) is 0 Å². The molecule has 0 heterocycles. The van der Waals surface area contributed by atoms with Gasteiger partial charge in [-0.1, -0.05) is 25.5 Å². The summed E-state index contributed by atoms with van der Waals surface area (Å²) in [5.41, 5.74) is 1.39. The summed E-state index contributed by atoms with van der Waals surface area (Å²) in [6.07, 6.45) is 1.12. The summed E-state index contributed by atoms with van der Waals surface area (Å²) in [4.78, 5) is 23.0. The van der Waals surface area contributed by atoms with Gasteiger partial charge in [0.1, 0.15) is 6.04 Å². The van der Waals surface area contributed by atoms with Crippen LogP contribution >= 0.6 is 15.9 Å². The predicted octanol–water partition coefficient (Wildman–Crippen LogP) is 2.74. The number of hydrogen-bond donors (Lipinski definition) is 2. The largest absolute Gasteiger partial charge is 0.480 e. The number of rotatable bonds is 5. The van der Waals surface area contributed by atoms with Crippen molar-refractivity contribution in [3.8, 4) is 0 Å². The van der Waals surface area contributed by atoms with E-state index in [2.05, 4.69) is 21.2 Å². The van der Waals surface area contributed by atoms with E-state index in [0.717, 1.165) is 5.56 Å². The average Bonchev–Trinajstić information content (AvgIpc) is 2.31. The Kier molecular flexibility index (Phi) is 5.34. The molecule has 0 spiro atoms. The van der Waals surface area contributed by atoms with Gasteiger partial charge in [-0.25, -0.2) is 4.79 Å². The molecule has 0 saturated carbocycles. The van der Waals surface area contributed by atoms with Crippen molar-refractivity contribution in [2.24, 2.45) is 0 Å². The van der Waals surface area contributed by atoms with Crippen LogP contribution in [0.5, 0.6) is 0 Å². The minimum atomic E-state index is -1.01. The topological polar surface area (TPSA) is 66.4 Å². The van der Waals surface area contributed by atoms with E-state index in [1.54, 1.807) is 12.1 Å². The molecule has 5 heteroatoms. The maximum absolute atomic E-state index is 12.0. The number of nitrogens with one attached hydrogen (secondary N) is 1. The van der Waals surface area contributed by atoms with Crippen molar-refractivity contribution in [2.45, 2.75) is 32.7 Å². The number of amides is 1. The third-order valence-corrected chi connectivity index (χ3v) is 3.67. The van der Waals surface area contributed by atoms with Gasteiger partial charge in [0.25, 0.3) is 5.91 Å². The van der Waals surface area contributed by atoms with Gasteiger partial charge in [-0.3, -0.25) is 4.79 Å². The van der Waals surface area contributed by atoms with E-state index in [-0.39, 0.29) is 5.91 Å². The molecule has 2 N–H and O–H groups in total. The number of aliphatic carboxylic acids is 1. The zero-order valence-electron chi connectivity index (χ0n) is 10.4. The van der Waals surface area contributed by atoms with Gasteiger partial charge in [-0.15, -0.1) is 0 Å². The Morgan fingerprint density at radius 2 is 2.11 bits per heavy atom. The van der Waals surface area contributed by atoms with E-state index in [1.807, 2.05) is 19.9 Å². The number of carbonyl (C=O) groups excluding carboxylic acids is 1. The van der Waals surface area contributed by atoms with Crippen LogP contribution in [0.25, 0.3) is 0 Å². The fourth-order valence-corrected chi connectivity index (χ4v) is 2.05. The lowest BCUT2D eigenvalue weighted by atomic mass is 10.1. The van der Waals surface area contributed by atoms with Crippen molar-refractivity contribution in [1.29, 1.82) is 0 Å². The smallest absolute Gasteiger partial charge is 0.326 e. The van der Waals surface area contributed by atoms with E-state index in [9.17, 15) is 9.59 Å². The maximum Gasteiger partial charge on any atom is 0.326 e. The van der Waals surface area contributed by atoms with Crippen LogP contribution in [0.1, 0.15) is 35.7 Å². The van der Waals surface area contributed by atoms with Crippen molar-refractivity contribution in [3.63, 3.8) is 0 Å². The number of benzene rings is 1. The first-order chi connectivity index (χ1) is 8.47. The fourth-order valence-electron chi connectivity index (χ4n) is 1.60. The predicted molar refractivity (Wildman–Crippen MR) is 72.7 cm³/mol. The molecule has 0 fully saturated rings. The molecule has 1 aromatic rings. The second-order valence-corrected chi connectivity index (χ2v) is 4.88. The molecule has 18 heavy (non-hydrogen) atoms. The van der Waals surface area contributed by atoms with Gasteiger partial charge in [0.05, 0.1) is 5.56 Å². The summed E-state index contributed by atoms with van der Waals surface area (Å²) >= 11 is 3.34. The number of hydrogen-bond acceptors (Lipinski definition) is 2. The highest BCUT2D eigenvalue weighted by Gasteiger charge is 2.20. The Balaban J connectivity index is 2.87. The molecule has 1 amide bonds. The Morgan fingerprint density at radius 3 is 2.67 bits per heavy atom. The molecule has 0 radical (unpaired) electrons. The highest BCUT2D eigenvalue weighted by Crippen LogP contribution is 2.21. The minimum Gasteiger partial charge on any atom is -0.480 e. The number of carbonyl (C=O) groups is 2. The van der Waals surface area contributed by atoms with Crippen LogP contribution in [-0.4, -0.2) is 23.0 Å². The summed E-state index contributed by atoms with van der Waals surface area (Å²) in [6, 6.07) is 4.47. The van der Waals surface area contributed by atoms with Gasteiger partial charge in [-0.05, 0) is 40.9 Å². The average molecular weight is 314 g/mol. The standard InChI is InChI=1S/C13H16BrNO3/c1-3-5-10(13(17)18)15-12(16)9-7-4-6-8(2)11(9)14/h4,6-7,10H,3,5H2,1-2H3,(H,15,16)(H,17,18)/t10-/m0/s1. The van der Waals surface area contributed by atoms with Crippen LogP contribution in [0.2, 0.25) is 0 Å². The molecule has 4 nitrogen and oxygen atoms in total. The monoisotopic (exact) mass is 313 g/mol. The van der Waals surface area contributed by atoms with Gasteiger partial charge in [0.15, 0.2) is 0 Å². The van der Waals surface area contributed by atoms with Crippen molar-refractivity contribution in [3.05, 3.63) is 33.8 Å².